The fourth-order valence-electron chi connectivity index (χ4n) is 2.32. The van der Waals surface area contributed by atoms with Crippen molar-refractivity contribution < 1.29 is 9.59 Å². The molecule has 0 heterocycles. The lowest BCUT2D eigenvalue weighted by Crippen LogP contribution is -2.43. The van der Waals surface area contributed by atoms with Gasteiger partial charge in [-0.1, -0.05) is 19.3 Å². The van der Waals surface area contributed by atoms with Crippen molar-refractivity contribution in [1.29, 1.82) is 0 Å². The van der Waals surface area contributed by atoms with Crippen LogP contribution in [0, 0.1) is 0 Å². The molecule has 2 amide bonds. The van der Waals surface area contributed by atoms with E-state index in [1.807, 2.05) is 0 Å². The van der Waals surface area contributed by atoms with Crippen molar-refractivity contribution in [3.8, 4) is 0 Å². The van der Waals surface area contributed by atoms with Gasteiger partial charge in [0.25, 0.3) is 0 Å². The van der Waals surface area contributed by atoms with Crippen molar-refractivity contribution >= 4 is 11.8 Å². The zero-order chi connectivity index (χ0) is 12.8. The molecule has 0 aliphatic heterocycles. The van der Waals surface area contributed by atoms with Crippen molar-refractivity contribution in [2.45, 2.75) is 57.0 Å². The second kappa shape index (κ2) is 6.73. The van der Waals surface area contributed by atoms with Crippen LogP contribution in [-0.4, -0.2) is 37.0 Å². The van der Waals surface area contributed by atoms with Gasteiger partial charge in [0.15, 0.2) is 0 Å². The molecule has 2 fully saturated rings. The van der Waals surface area contributed by atoms with Gasteiger partial charge in [0.05, 0.1) is 13.1 Å². The Kier molecular flexibility index (Phi) is 4.99. The summed E-state index contributed by atoms with van der Waals surface area (Å²) in [7, 11) is 0. The molecule has 5 heteroatoms. The molecule has 5 nitrogen and oxygen atoms in total. The first-order valence-electron chi connectivity index (χ1n) is 7.03. The molecule has 0 spiro atoms. The number of rotatable bonds is 6. The number of hydrogen-bond acceptors (Lipinski definition) is 3. The monoisotopic (exact) mass is 253 g/mol. The largest absolute Gasteiger partial charge is 0.352 e. The van der Waals surface area contributed by atoms with E-state index in [1.165, 1.54) is 19.3 Å². The SMILES string of the molecule is O=C(CNCC(=O)NC1CC1)NC1CCCCC1. The Labute approximate surface area is 108 Å². The van der Waals surface area contributed by atoms with Crippen LogP contribution >= 0.6 is 0 Å². The van der Waals surface area contributed by atoms with E-state index < -0.39 is 0 Å². The van der Waals surface area contributed by atoms with Gasteiger partial charge in [0.1, 0.15) is 0 Å². The molecule has 0 aromatic heterocycles. The fraction of sp³-hybridized carbons (Fsp3) is 0.846. The van der Waals surface area contributed by atoms with E-state index in [2.05, 4.69) is 16.0 Å². The van der Waals surface area contributed by atoms with Crippen LogP contribution < -0.4 is 16.0 Å². The van der Waals surface area contributed by atoms with Crippen LogP contribution in [0.15, 0.2) is 0 Å². The van der Waals surface area contributed by atoms with Gasteiger partial charge in [-0.15, -0.1) is 0 Å². The van der Waals surface area contributed by atoms with Gasteiger partial charge in [-0.05, 0) is 25.7 Å². The third kappa shape index (κ3) is 5.04. The van der Waals surface area contributed by atoms with E-state index in [1.54, 1.807) is 0 Å². The smallest absolute Gasteiger partial charge is 0.234 e. The first-order chi connectivity index (χ1) is 8.74. The Morgan fingerprint density at radius 2 is 1.28 bits per heavy atom. The Balaban J connectivity index is 1.52. The molecule has 0 aromatic carbocycles. The molecule has 0 saturated heterocycles. The Morgan fingerprint density at radius 3 is 1.78 bits per heavy atom. The number of amides is 2. The van der Waals surface area contributed by atoms with Crippen molar-refractivity contribution in [1.82, 2.24) is 16.0 Å². The normalized spacial score (nSPS) is 20.4. The van der Waals surface area contributed by atoms with E-state index in [4.69, 9.17) is 0 Å². The lowest BCUT2D eigenvalue weighted by atomic mass is 9.95. The van der Waals surface area contributed by atoms with E-state index in [0.717, 1.165) is 25.7 Å². The molecule has 0 radical (unpaired) electrons. The Morgan fingerprint density at radius 1 is 0.778 bits per heavy atom. The maximum Gasteiger partial charge on any atom is 0.234 e. The summed E-state index contributed by atoms with van der Waals surface area (Å²) in [6.45, 7) is 0.461. The molecular formula is C13H23N3O2. The third-order valence-electron chi connectivity index (χ3n) is 3.48. The van der Waals surface area contributed by atoms with Gasteiger partial charge in [-0.2, -0.15) is 0 Å². The van der Waals surface area contributed by atoms with Crippen molar-refractivity contribution in [2.24, 2.45) is 0 Å². The number of carbonyl (C=O) groups excluding carboxylic acids is 2. The topological polar surface area (TPSA) is 70.2 Å². The quantitative estimate of drug-likeness (QED) is 0.638. The summed E-state index contributed by atoms with van der Waals surface area (Å²) < 4.78 is 0. The van der Waals surface area contributed by atoms with Gasteiger partial charge in [-0.25, -0.2) is 0 Å². The summed E-state index contributed by atoms with van der Waals surface area (Å²) in [6.07, 6.45) is 8.07. The van der Waals surface area contributed by atoms with Crippen LogP contribution in [0.5, 0.6) is 0 Å². The molecule has 0 unspecified atom stereocenters. The highest BCUT2D eigenvalue weighted by atomic mass is 16.2. The maximum atomic E-state index is 11.6. The van der Waals surface area contributed by atoms with Crippen LogP contribution in [0.4, 0.5) is 0 Å². The van der Waals surface area contributed by atoms with Gasteiger partial charge in [0.2, 0.25) is 11.8 Å². The van der Waals surface area contributed by atoms with E-state index in [-0.39, 0.29) is 24.9 Å². The molecule has 2 aliphatic rings. The van der Waals surface area contributed by atoms with Gasteiger partial charge >= 0.3 is 0 Å². The zero-order valence-electron chi connectivity index (χ0n) is 10.8. The lowest BCUT2D eigenvalue weighted by molar-refractivity contribution is -0.122. The van der Waals surface area contributed by atoms with Crippen molar-refractivity contribution in [3.05, 3.63) is 0 Å². The first-order valence-corrected chi connectivity index (χ1v) is 7.03. The standard InChI is InChI=1S/C13H23N3O2/c17-12(15-10-4-2-1-3-5-10)8-14-9-13(18)16-11-6-7-11/h10-11,14H,1-9H2,(H,15,17)(H,16,18). The lowest BCUT2D eigenvalue weighted by Gasteiger charge is -2.22. The minimum absolute atomic E-state index is 0.00104. The second-order valence-corrected chi connectivity index (χ2v) is 5.35. The molecule has 18 heavy (non-hydrogen) atoms. The van der Waals surface area contributed by atoms with Crippen LogP contribution in [0.25, 0.3) is 0 Å². The van der Waals surface area contributed by atoms with Crippen LogP contribution in [0.3, 0.4) is 0 Å². The van der Waals surface area contributed by atoms with E-state index >= 15 is 0 Å². The molecule has 2 saturated carbocycles. The minimum Gasteiger partial charge on any atom is -0.352 e. The Bertz CT molecular complexity index is 297. The highest BCUT2D eigenvalue weighted by molar-refractivity contribution is 5.81. The van der Waals surface area contributed by atoms with E-state index in [0.29, 0.717) is 12.1 Å². The highest BCUT2D eigenvalue weighted by Gasteiger charge is 2.23. The van der Waals surface area contributed by atoms with Gasteiger partial charge in [0, 0.05) is 12.1 Å². The second-order valence-electron chi connectivity index (χ2n) is 5.35. The number of carbonyl (C=O) groups is 2. The number of nitrogens with one attached hydrogen (secondary N) is 3. The highest BCUT2D eigenvalue weighted by Crippen LogP contribution is 2.18. The van der Waals surface area contributed by atoms with Crippen LogP contribution in [-0.2, 0) is 9.59 Å². The van der Waals surface area contributed by atoms with Gasteiger partial charge < -0.3 is 10.6 Å². The Hall–Kier alpha value is -1.10. The molecule has 2 aliphatic carbocycles. The van der Waals surface area contributed by atoms with Crippen molar-refractivity contribution in [3.63, 3.8) is 0 Å². The molecule has 2 rings (SSSR count). The molecular weight excluding hydrogens is 230 g/mol. The zero-order valence-corrected chi connectivity index (χ0v) is 10.8. The number of hydrogen-bond donors (Lipinski definition) is 3. The summed E-state index contributed by atoms with van der Waals surface area (Å²) in [5.41, 5.74) is 0. The molecule has 0 aromatic rings. The molecule has 3 N–H and O–H groups in total. The average Bonchev–Trinajstić information content (AvgIpc) is 3.14. The van der Waals surface area contributed by atoms with Gasteiger partial charge in [-0.3, -0.25) is 14.9 Å². The first kappa shape index (κ1) is 13.3. The molecule has 0 bridgehead atoms. The average molecular weight is 253 g/mol. The van der Waals surface area contributed by atoms with Crippen LogP contribution in [0.1, 0.15) is 44.9 Å². The molecule has 0 atom stereocenters. The van der Waals surface area contributed by atoms with Crippen LogP contribution in [0.2, 0.25) is 0 Å². The minimum atomic E-state index is -0.0111. The predicted octanol–water partition coefficient (Wildman–Crippen LogP) is 0.304. The summed E-state index contributed by atoms with van der Waals surface area (Å²) in [4.78, 5) is 23.0. The fourth-order valence-corrected chi connectivity index (χ4v) is 2.32. The summed E-state index contributed by atoms with van der Waals surface area (Å²) in [5.74, 6) is -0.0101. The van der Waals surface area contributed by atoms with E-state index in [9.17, 15) is 9.59 Å². The molecule has 102 valence electrons. The summed E-state index contributed by atoms with van der Waals surface area (Å²) >= 11 is 0. The third-order valence-corrected chi connectivity index (χ3v) is 3.48. The maximum absolute atomic E-state index is 11.6. The summed E-state index contributed by atoms with van der Waals surface area (Å²) in [6, 6.07) is 0.726. The predicted molar refractivity (Wildman–Crippen MR) is 69.1 cm³/mol. The summed E-state index contributed by atoms with van der Waals surface area (Å²) in [5, 5.41) is 8.77. The van der Waals surface area contributed by atoms with Crippen molar-refractivity contribution in [2.75, 3.05) is 13.1 Å².